The van der Waals surface area contributed by atoms with Gasteiger partial charge in [-0.15, -0.1) is 5.92 Å². The van der Waals surface area contributed by atoms with Crippen molar-refractivity contribution >= 4 is 34.0 Å². The highest BCUT2D eigenvalue weighted by atomic mass is 16.5. The fraction of sp³-hybridized carbons (Fsp3) is 0.393. The Labute approximate surface area is 224 Å². The standard InChI is InChI=1S/C28H31N7O4/c1-3-5-14-33-24-25(31-27(33)32-13-7-9-21(29)17-32)34(18-23(36)39-4-2)28(38)35(26(24)37)16-19-10-11-20-8-6-12-30-22(20)15-19/h6,8,10-12,15,21H,4,7,9,13-14,16-18,29H2,1-2H3. The number of ether oxygens (including phenoxy) is 1. The number of piperidine rings is 1. The second-order valence-electron chi connectivity index (χ2n) is 9.54. The van der Waals surface area contributed by atoms with Crippen LogP contribution in [0.15, 0.2) is 46.1 Å². The first-order valence-corrected chi connectivity index (χ1v) is 13.0. The average molecular weight is 530 g/mol. The Kier molecular flexibility index (Phi) is 7.47. The summed E-state index contributed by atoms with van der Waals surface area (Å²) in [5, 5.41) is 0.948. The Balaban J connectivity index is 1.73. The summed E-state index contributed by atoms with van der Waals surface area (Å²) in [6.07, 6.45) is 3.46. The first kappa shape index (κ1) is 26.2. The van der Waals surface area contributed by atoms with E-state index >= 15 is 0 Å². The number of carbonyl (C=O) groups is 1. The van der Waals surface area contributed by atoms with Gasteiger partial charge in [-0.25, -0.2) is 4.79 Å². The molecular weight excluding hydrogens is 498 g/mol. The molecule has 1 saturated heterocycles. The van der Waals surface area contributed by atoms with Gasteiger partial charge in [0.2, 0.25) is 5.95 Å². The molecule has 4 aromatic rings. The van der Waals surface area contributed by atoms with Crippen LogP contribution in [-0.2, 0) is 29.2 Å². The number of hydrogen-bond donors (Lipinski definition) is 1. The van der Waals surface area contributed by atoms with Gasteiger partial charge < -0.3 is 15.4 Å². The second-order valence-corrected chi connectivity index (χ2v) is 9.54. The van der Waals surface area contributed by atoms with Gasteiger partial charge >= 0.3 is 11.7 Å². The van der Waals surface area contributed by atoms with E-state index in [0.717, 1.165) is 33.9 Å². The van der Waals surface area contributed by atoms with Gasteiger partial charge in [-0.3, -0.25) is 28.3 Å². The van der Waals surface area contributed by atoms with E-state index in [1.165, 1.54) is 4.57 Å². The van der Waals surface area contributed by atoms with Gasteiger partial charge in [0, 0.05) is 30.7 Å². The molecule has 0 bridgehead atoms. The Morgan fingerprint density at radius 1 is 1.21 bits per heavy atom. The summed E-state index contributed by atoms with van der Waals surface area (Å²) >= 11 is 0. The molecule has 1 aromatic carbocycles. The fourth-order valence-electron chi connectivity index (χ4n) is 5.03. The van der Waals surface area contributed by atoms with Crippen LogP contribution in [0.4, 0.5) is 5.95 Å². The molecule has 0 spiro atoms. The molecule has 202 valence electrons. The molecule has 0 aliphatic carbocycles. The third kappa shape index (κ3) is 5.15. The smallest absolute Gasteiger partial charge is 0.333 e. The van der Waals surface area contributed by atoms with Gasteiger partial charge in [0.25, 0.3) is 5.56 Å². The molecule has 1 aliphatic heterocycles. The minimum absolute atomic E-state index is 0.00248. The third-order valence-corrected chi connectivity index (χ3v) is 6.85. The van der Waals surface area contributed by atoms with Crippen molar-refractivity contribution < 1.29 is 9.53 Å². The van der Waals surface area contributed by atoms with Gasteiger partial charge in [-0.2, -0.15) is 4.98 Å². The molecule has 2 N–H and O–H groups in total. The van der Waals surface area contributed by atoms with Crippen LogP contribution < -0.4 is 21.9 Å². The van der Waals surface area contributed by atoms with E-state index < -0.39 is 17.2 Å². The number of esters is 1. The third-order valence-electron chi connectivity index (χ3n) is 6.85. The summed E-state index contributed by atoms with van der Waals surface area (Å²) in [5.41, 5.74) is 6.91. The van der Waals surface area contributed by atoms with E-state index in [-0.39, 0.29) is 43.4 Å². The number of anilines is 1. The van der Waals surface area contributed by atoms with Crippen molar-refractivity contribution in [2.75, 3.05) is 24.6 Å². The molecular formula is C28H31N7O4. The lowest BCUT2D eigenvalue weighted by Crippen LogP contribution is -2.44. The molecule has 1 aliphatic rings. The lowest BCUT2D eigenvalue weighted by Gasteiger charge is -2.31. The lowest BCUT2D eigenvalue weighted by molar-refractivity contribution is -0.143. The van der Waals surface area contributed by atoms with Gasteiger partial charge in [0.1, 0.15) is 6.54 Å². The molecule has 0 saturated carbocycles. The summed E-state index contributed by atoms with van der Waals surface area (Å²) < 4.78 is 9.22. The second kappa shape index (κ2) is 11.1. The number of aromatic nitrogens is 5. The van der Waals surface area contributed by atoms with Crippen LogP contribution in [0.3, 0.4) is 0 Å². The van der Waals surface area contributed by atoms with Crippen LogP contribution in [0.5, 0.6) is 0 Å². The first-order valence-electron chi connectivity index (χ1n) is 13.0. The Morgan fingerprint density at radius 3 is 2.82 bits per heavy atom. The van der Waals surface area contributed by atoms with E-state index in [9.17, 15) is 14.4 Å². The van der Waals surface area contributed by atoms with Crippen molar-refractivity contribution in [1.29, 1.82) is 0 Å². The van der Waals surface area contributed by atoms with Crippen molar-refractivity contribution in [2.24, 2.45) is 5.73 Å². The first-order chi connectivity index (χ1) is 18.9. The Morgan fingerprint density at radius 2 is 2.05 bits per heavy atom. The maximum atomic E-state index is 14.0. The molecule has 1 atom stereocenters. The largest absolute Gasteiger partial charge is 0.465 e. The Bertz CT molecular complexity index is 1720. The van der Waals surface area contributed by atoms with Crippen LogP contribution in [0.1, 0.15) is 32.3 Å². The number of hydrogen-bond acceptors (Lipinski definition) is 8. The molecule has 1 fully saturated rings. The molecule has 5 rings (SSSR count). The summed E-state index contributed by atoms with van der Waals surface area (Å²) in [5.74, 6) is 5.81. The minimum Gasteiger partial charge on any atom is -0.465 e. The van der Waals surface area contributed by atoms with Crippen LogP contribution in [0, 0.1) is 11.8 Å². The van der Waals surface area contributed by atoms with Gasteiger partial charge in [-0.05, 0) is 44.4 Å². The SMILES string of the molecule is CC#CCn1c(N2CCCC(N)C2)nc2c1c(=O)n(Cc1ccc3cccnc3c1)c(=O)n2CC(=O)OCC. The molecule has 11 heteroatoms. The number of nitrogens with two attached hydrogens (primary N) is 1. The van der Waals surface area contributed by atoms with Crippen LogP contribution in [-0.4, -0.2) is 55.4 Å². The molecule has 4 heterocycles. The molecule has 0 amide bonds. The lowest BCUT2D eigenvalue weighted by atomic mass is 10.1. The normalized spacial score (nSPS) is 15.4. The maximum Gasteiger partial charge on any atom is 0.333 e. The van der Waals surface area contributed by atoms with Crippen molar-refractivity contribution in [1.82, 2.24) is 23.7 Å². The quantitative estimate of drug-likeness (QED) is 0.281. The van der Waals surface area contributed by atoms with Crippen molar-refractivity contribution in [3.8, 4) is 11.8 Å². The summed E-state index contributed by atoms with van der Waals surface area (Å²) in [6, 6.07) is 9.36. The fourth-order valence-corrected chi connectivity index (χ4v) is 5.03. The van der Waals surface area contributed by atoms with Crippen LogP contribution in [0.2, 0.25) is 0 Å². The number of fused-ring (bicyclic) bond motifs is 2. The predicted molar refractivity (Wildman–Crippen MR) is 149 cm³/mol. The predicted octanol–water partition coefficient (Wildman–Crippen LogP) is 1.47. The molecule has 0 radical (unpaired) electrons. The monoisotopic (exact) mass is 529 g/mol. The van der Waals surface area contributed by atoms with Gasteiger partial charge in [-0.1, -0.05) is 24.1 Å². The topological polar surface area (TPSA) is 130 Å². The number of rotatable bonds is 7. The number of nitrogens with zero attached hydrogens (tertiary/aromatic N) is 6. The van der Waals surface area contributed by atoms with E-state index in [1.54, 1.807) is 24.6 Å². The summed E-state index contributed by atoms with van der Waals surface area (Å²) in [6.45, 7) is 4.66. The number of benzene rings is 1. The van der Waals surface area contributed by atoms with Gasteiger partial charge in [0.15, 0.2) is 11.2 Å². The number of imidazole rings is 1. The zero-order chi connectivity index (χ0) is 27.5. The number of pyridine rings is 1. The highest BCUT2D eigenvalue weighted by Crippen LogP contribution is 2.23. The maximum absolute atomic E-state index is 14.0. The van der Waals surface area contributed by atoms with Crippen LogP contribution >= 0.6 is 0 Å². The minimum atomic E-state index is -0.644. The van der Waals surface area contributed by atoms with Crippen LogP contribution in [0.25, 0.3) is 22.1 Å². The summed E-state index contributed by atoms with van der Waals surface area (Å²) in [7, 11) is 0. The zero-order valence-electron chi connectivity index (χ0n) is 22.1. The van der Waals surface area contributed by atoms with Crippen molar-refractivity contribution in [3.05, 3.63) is 62.9 Å². The molecule has 1 unspecified atom stereocenters. The highest BCUT2D eigenvalue weighted by Gasteiger charge is 2.27. The molecule has 11 nitrogen and oxygen atoms in total. The van der Waals surface area contributed by atoms with Crippen molar-refractivity contribution in [3.63, 3.8) is 0 Å². The van der Waals surface area contributed by atoms with Gasteiger partial charge in [0.05, 0.1) is 25.2 Å². The molecule has 39 heavy (non-hydrogen) atoms. The number of carbonyl (C=O) groups excluding carboxylic acids is 1. The molecule has 3 aromatic heterocycles. The van der Waals surface area contributed by atoms with E-state index in [4.69, 9.17) is 15.5 Å². The van der Waals surface area contributed by atoms with E-state index in [1.807, 2.05) is 35.2 Å². The zero-order valence-corrected chi connectivity index (χ0v) is 22.1. The van der Waals surface area contributed by atoms with E-state index in [0.29, 0.717) is 19.0 Å². The summed E-state index contributed by atoms with van der Waals surface area (Å²) in [4.78, 5) is 51.5. The average Bonchev–Trinajstić information content (AvgIpc) is 3.32. The Hall–Kier alpha value is -4.43. The van der Waals surface area contributed by atoms with Crippen molar-refractivity contribution in [2.45, 2.75) is 52.4 Å². The highest BCUT2D eigenvalue weighted by molar-refractivity contribution is 5.79. The van der Waals surface area contributed by atoms with E-state index in [2.05, 4.69) is 16.8 Å².